The van der Waals surface area contributed by atoms with Crippen LogP contribution in [-0.4, -0.2) is 66.6 Å². The summed E-state index contributed by atoms with van der Waals surface area (Å²) in [5.41, 5.74) is 0.575. The molecule has 8 heteroatoms. The highest BCUT2D eigenvalue weighted by molar-refractivity contribution is 6.31. The van der Waals surface area contributed by atoms with Crippen LogP contribution in [0.1, 0.15) is 33.1 Å². The van der Waals surface area contributed by atoms with Gasteiger partial charge in [-0.2, -0.15) is 0 Å². The number of nitrogens with zero attached hydrogens (tertiary/aromatic N) is 2. The average molecular weight is 409 g/mol. The number of hydrogen-bond donors (Lipinski definition) is 2. The van der Waals surface area contributed by atoms with Crippen molar-refractivity contribution in [3.05, 3.63) is 23.2 Å². The van der Waals surface area contributed by atoms with E-state index in [2.05, 4.69) is 15.5 Å². The maximum absolute atomic E-state index is 12.7. The third-order valence-electron chi connectivity index (χ3n) is 5.10. The molecule has 0 spiro atoms. The Bertz CT molecular complexity index is 703. The zero-order valence-corrected chi connectivity index (χ0v) is 17.3. The Morgan fingerprint density at radius 2 is 1.96 bits per heavy atom. The molecule has 0 bridgehead atoms. The molecule has 2 N–H and O–H groups in total. The first-order valence-electron chi connectivity index (χ1n) is 10.0. The molecule has 1 aliphatic heterocycles. The summed E-state index contributed by atoms with van der Waals surface area (Å²) in [6.07, 6.45) is 3.05. The predicted octanol–water partition coefficient (Wildman–Crippen LogP) is 2.95. The molecular weight excluding hydrogens is 380 g/mol. The van der Waals surface area contributed by atoms with Crippen LogP contribution >= 0.6 is 11.6 Å². The summed E-state index contributed by atoms with van der Waals surface area (Å²) < 4.78 is 5.70. The standard InChI is InChI=1S/C20H29ClN4O3/c1-3-12-28-18-7-4-15(21)13-17(18)23-20(27)25-10-8-24(9-11-25)14(2)19(26)22-16-5-6-16/h4,7,13-14,16H,3,5-6,8-12H2,1-2H3,(H,22,26)(H,23,27). The smallest absolute Gasteiger partial charge is 0.322 e. The number of carbonyl (C=O) groups excluding carboxylic acids is 2. The van der Waals surface area contributed by atoms with E-state index in [9.17, 15) is 9.59 Å². The minimum absolute atomic E-state index is 0.0806. The van der Waals surface area contributed by atoms with Crippen LogP contribution in [-0.2, 0) is 4.79 Å². The van der Waals surface area contributed by atoms with E-state index in [0.717, 1.165) is 19.3 Å². The molecular formula is C20H29ClN4O3. The van der Waals surface area contributed by atoms with Crippen molar-refractivity contribution >= 4 is 29.2 Å². The monoisotopic (exact) mass is 408 g/mol. The van der Waals surface area contributed by atoms with E-state index in [4.69, 9.17) is 16.3 Å². The molecule has 1 unspecified atom stereocenters. The Hall–Kier alpha value is -1.99. The highest BCUT2D eigenvalue weighted by atomic mass is 35.5. The molecule has 1 atom stereocenters. The zero-order valence-electron chi connectivity index (χ0n) is 16.5. The van der Waals surface area contributed by atoms with Gasteiger partial charge in [0.25, 0.3) is 0 Å². The molecule has 3 rings (SSSR count). The number of hydrogen-bond acceptors (Lipinski definition) is 4. The molecule has 3 amide bonds. The van der Waals surface area contributed by atoms with Crippen molar-refractivity contribution < 1.29 is 14.3 Å². The number of piperazine rings is 1. The van der Waals surface area contributed by atoms with Crippen molar-refractivity contribution in [3.63, 3.8) is 0 Å². The summed E-state index contributed by atoms with van der Waals surface area (Å²) in [5.74, 6) is 0.695. The largest absolute Gasteiger partial charge is 0.491 e. The maximum Gasteiger partial charge on any atom is 0.322 e. The van der Waals surface area contributed by atoms with Crippen LogP contribution in [0.5, 0.6) is 5.75 Å². The molecule has 1 saturated carbocycles. The zero-order chi connectivity index (χ0) is 20.1. The fourth-order valence-electron chi connectivity index (χ4n) is 3.16. The van der Waals surface area contributed by atoms with Gasteiger partial charge in [0.2, 0.25) is 5.91 Å². The van der Waals surface area contributed by atoms with Gasteiger partial charge in [-0.25, -0.2) is 4.79 Å². The van der Waals surface area contributed by atoms with Crippen LogP contribution in [0.15, 0.2) is 18.2 Å². The molecule has 0 aromatic heterocycles. The number of nitrogens with one attached hydrogen (secondary N) is 2. The lowest BCUT2D eigenvalue weighted by atomic mass is 10.2. The van der Waals surface area contributed by atoms with E-state index < -0.39 is 0 Å². The van der Waals surface area contributed by atoms with Crippen LogP contribution in [0.3, 0.4) is 0 Å². The van der Waals surface area contributed by atoms with Crippen molar-refractivity contribution in [2.24, 2.45) is 0 Å². The number of rotatable bonds is 7. The van der Waals surface area contributed by atoms with Crippen molar-refractivity contribution in [1.82, 2.24) is 15.1 Å². The topological polar surface area (TPSA) is 73.9 Å². The number of benzene rings is 1. The lowest BCUT2D eigenvalue weighted by Gasteiger charge is -2.37. The van der Waals surface area contributed by atoms with Crippen LogP contribution in [0.4, 0.5) is 10.5 Å². The Morgan fingerprint density at radius 3 is 2.61 bits per heavy atom. The minimum Gasteiger partial charge on any atom is -0.491 e. The first kappa shape index (κ1) is 20.7. The molecule has 2 aliphatic rings. The van der Waals surface area contributed by atoms with Gasteiger partial charge in [0.05, 0.1) is 18.3 Å². The van der Waals surface area contributed by atoms with Crippen LogP contribution < -0.4 is 15.4 Å². The summed E-state index contributed by atoms with van der Waals surface area (Å²) in [6, 6.07) is 5.22. The minimum atomic E-state index is -0.182. The third kappa shape index (κ3) is 5.52. The van der Waals surface area contributed by atoms with E-state index in [1.54, 1.807) is 23.1 Å². The first-order chi connectivity index (χ1) is 13.5. The molecule has 7 nitrogen and oxygen atoms in total. The summed E-state index contributed by atoms with van der Waals surface area (Å²) in [6.45, 7) is 7.00. The Morgan fingerprint density at radius 1 is 1.25 bits per heavy atom. The van der Waals surface area contributed by atoms with Gasteiger partial charge in [0.15, 0.2) is 0 Å². The number of urea groups is 1. The van der Waals surface area contributed by atoms with Gasteiger partial charge >= 0.3 is 6.03 Å². The van der Waals surface area contributed by atoms with Gasteiger partial charge in [0, 0.05) is 37.2 Å². The average Bonchev–Trinajstić information content (AvgIpc) is 3.51. The van der Waals surface area contributed by atoms with Gasteiger partial charge in [0.1, 0.15) is 5.75 Å². The summed E-state index contributed by atoms with van der Waals surface area (Å²) in [7, 11) is 0. The molecule has 1 aromatic rings. The first-order valence-corrected chi connectivity index (χ1v) is 10.4. The Kier molecular flexibility index (Phi) is 7.02. The van der Waals surface area contributed by atoms with Crippen LogP contribution in [0, 0.1) is 0 Å². The predicted molar refractivity (Wildman–Crippen MR) is 110 cm³/mol. The van der Waals surface area contributed by atoms with Gasteiger partial charge < -0.3 is 20.3 Å². The second-order valence-electron chi connectivity index (χ2n) is 7.40. The summed E-state index contributed by atoms with van der Waals surface area (Å²) >= 11 is 6.08. The Labute approximate surface area is 171 Å². The summed E-state index contributed by atoms with van der Waals surface area (Å²) in [4.78, 5) is 28.8. The van der Waals surface area contributed by atoms with Crippen molar-refractivity contribution in [2.75, 3.05) is 38.1 Å². The number of amides is 3. The van der Waals surface area contributed by atoms with E-state index in [1.807, 2.05) is 13.8 Å². The maximum atomic E-state index is 12.7. The lowest BCUT2D eigenvalue weighted by molar-refractivity contribution is -0.126. The van der Waals surface area contributed by atoms with E-state index >= 15 is 0 Å². The molecule has 2 fully saturated rings. The fraction of sp³-hybridized carbons (Fsp3) is 0.600. The second-order valence-corrected chi connectivity index (χ2v) is 7.84. The van der Waals surface area contributed by atoms with Crippen LogP contribution in [0.2, 0.25) is 5.02 Å². The fourth-order valence-corrected chi connectivity index (χ4v) is 3.33. The van der Waals surface area contributed by atoms with Gasteiger partial charge in [-0.1, -0.05) is 18.5 Å². The third-order valence-corrected chi connectivity index (χ3v) is 5.33. The quantitative estimate of drug-likeness (QED) is 0.727. The van der Waals surface area contributed by atoms with Gasteiger partial charge in [-0.3, -0.25) is 9.69 Å². The van der Waals surface area contributed by atoms with Gasteiger partial charge in [-0.05, 0) is 44.4 Å². The Balaban J connectivity index is 1.52. The molecule has 1 aliphatic carbocycles. The molecule has 28 heavy (non-hydrogen) atoms. The number of halogens is 1. The molecule has 1 heterocycles. The molecule has 1 aromatic carbocycles. The van der Waals surface area contributed by atoms with Gasteiger partial charge in [-0.15, -0.1) is 0 Å². The molecule has 154 valence electrons. The highest BCUT2D eigenvalue weighted by Crippen LogP contribution is 2.28. The lowest BCUT2D eigenvalue weighted by Crippen LogP contribution is -2.55. The number of ether oxygens (including phenoxy) is 1. The normalized spacial score (nSPS) is 18.5. The van der Waals surface area contributed by atoms with E-state index in [-0.39, 0.29) is 18.0 Å². The highest BCUT2D eigenvalue weighted by Gasteiger charge is 2.31. The second kappa shape index (κ2) is 9.47. The van der Waals surface area contributed by atoms with Crippen molar-refractivity contribution in [1.29, 1.82) is 0 Å². The molecule has 0 radical (unpaired) electrons. The van der Waals surface area contributed by atoms with Crippen molar-refractivity contribution in [3.8, 4) is 5.75 Å². The SMILES string of the molecule is CCCOc1ccc(Cl)cc1NC(=O)N1CCN(C(C)C(=O)NC2CC2)CC1. The summed E-state index contributed by atoms with van der Waals surface area (Å²) in [5, 5.41) is 6.50. The van der Waals surface area contributed by atoms with Crippen LogP contribution in [0.25, 0.3) is 0 Å². The number of anilines is 1. The van der Waals surface area contributed by atoms with Crippen molar-refractivity contribution in [2.45, 2.75) is 45.2 Å². The molecule has 1 saturated heterocycles. The van der Waals surface area contributed by atoms with E-state index in [1.165, 1.54) is 0 Å². The number of carbonyl (C=O) groups is 2. The van der Waals surface area contributed by atoms with E-state index in [0.29, 0.717) is 55.3 Å².